The molecule has 0 aliphatic rings. The van der Waals surface area contributed by atoms with E-state index < -0.39 is 0 Å². The predicted molar refractivity (Wildman–Crippen MR) is 59.4 cm³/mol. The van der Waals surface area contributed by atoms with Crippen LogP contribution in [-0.4, -0.2) is 15.2 Å². The zero-order valence-corrected chi connectivity index (χ0v) is 8.99. The first kappa shape index (κ1) is 10.1. The van der Waals surface area contributed by atoms with Gasteiger partial charge in [-0.3, -0.25) is 5.10 Å². The lowest BCUT2D eigenvalue weighted by Gasteiger charge is -1.96. The van der Waals surface area contributed by atoms with Crippen LogP contribution in [0.2, 0.25) is 5.02 Å². The molecule has 3 N–H and O–H groups in total. The number of nitrogens with two attached hydrogens (primary N) is 1. The maximum Gasteiger partial charge on any atom is 0.181 e. The summed E-state index contributed by atoms with van der Waals surface area (Å²) >= 11 is 5.79. The third kappa shape index (κ3) is 2.16. The number of H-pyrrole nitrogens is 1. The summed E-state index contributed by atoms with van der Waals surface area (Å²) in [5, 5.41) is 7.57. The van der Waals surface area contributed by atoms with Crippen molar-refractivity contribution in [1.29, 1.82) is 0 Å². The molecule has 2 rings (SSSR count). The van der Waals surface area contributed by atoms with Gasteiger partial charge in [0.2, 0.25) is 0 Å². The number of hydrogen-bond acceptors (Lipinski definition) is 3. The number of hydrogen-bond donors (Lipinski definition) is 2. The molecular formula is C10H11ClN4. The number of aromatic nitrogens is 3. The minimum atomic E-state index is -0.140. The van der Waals surface area contributed by atoms with Crippen molar-refractivity contribution in [1.82, 2.24) is 15.2 Å². The molecule has 0 spiro atoms. The largest absolute Gasteiger partial charge is 0.322 e. The number of aromatic amines is 1. The zero-order chi connectivity index (χ0) is 10.8. The first-order valence-corrected chi connectivity index (χ1v) is 4.98. The third-order valence-corrected chi connectivity index (χ3v) is 2.29. The fraction of sp³-hybridized carbons (Fsp3) is 0.200. The van der Waals surface area contributed by atoms with Gasteiger partial charge in [-0.15, -0.1) is 0 Å². The monoisotopic (exact) mass is 222 g/mol. The van der Waals surface area contributed by atoms with E-state index >= 15 is 0 Å². The number of nitrogens with zero attached hydrogens (tertiary/aromatic N) is 2. The number of rotatable bonds is 2. The SMILES string of the molecule is C[C@H](N)c1nc(-c2ccc(Cl)cc2)n[nH]1. The molecule has 0 aliphatic carbocycles. The van der Waals surface area contributed by atoms with Crippen molar-refractivity contribution in [3.63, 3.8) is 0 Å². The molecule has 1 atom stereocenters. The highest BCUT2D eigenvalue weighted by Gasteiger charge is 2.08. The number of halogens is 1. The summed E-state index contributed by atoms with van der Waals surface area (Å²) in [6, 6.07) is 7.21. The summed E-state index contributed by atoms with van der Waals surface area (Å²) in [5.74, 6) is 1.32. The van der Waals surface area contributed by atoms with Crippen LogP contribution < -0.4 is 5.73 Å². The number of benzene rings is 1. The summed E-state index contributed by atoms with van der Waals surface area (Å²) in [5.41, 5.74) is 6.59. The Kier molecular flexibility index (Phi) is 2.70. The van der Waals surface area contributed by atoms with E-state index in [9.17, 15) is 0 Å². The summed E-state index contributed by atoms with van der Waals surface area (Å²) in [6.45, 7) is 1.85. The van der Waals surface area contributed by atoms with Gasteiger partial charge in [0, 0.05) is 10.6 Å². The van der Waals surface area contributed by atoms with Crippen LogP contribution in [0.25, 0.3) is 11.4 Å². The Hall–Kier alpha value is -1.39. The van der Waals surface area contributed by atoms with Crippen molar-refractivity contribution < 1.29 is 0 Å². The van der Waals surface area contributed by atoms with E-state index in [0.29, 0.717) is 16.7 Å². The Morgan fingerprint density at radius 2 is 2.00 bits per heavy atom. The highest BCUT2D eigenvalue weighted by molar-refractivity contribution is 6.30. The van der Waals surface area contributed by atoms with E-state index in [1.54, 1.807) is 12.1 Å². The summed E-state index contributed by atoms with van der Waals surface area (Å²) in [4.78, 5) is 4.27. The average molecular weight is 223 g/mol. The topological polar surface area (TPSA) is 67.6 Å². The van der Waals surface area contributed by atoms with Gasteiger partial charge in [0.25, 0.3) is 0 Å². The average Bonchev–Trinajstić information content (AvgIpc) is 2.68. The van der Waals surface area contributed by atoms with E-state index in [1.807, 2.05) is 19.1 Å². The second-order valence-corrected chi connectivity index (χ2v) is 3.78. The molecule has 0 bridgehead atoms. The van der Waals surface area contributed by atoms with Gasteiger partial charge >= 0.3 is 0 Å². The fourth-order valence-electron chi connectivity index (χ4n) is 1.21. The van der Waals surface area contributed by atoms with Crippen LogP contribution in [0.4, 0.5) is 0 Å². The Morgan fingerprint density at radius 1 is 1.33 bits per heavy atom. The quantitative estimate of drug-likeness (QED) is 0.818. The van der Waals surface area contributed by atoms with Crippen molar-refractivity contribution in [3.8, 4) is 11.4 Å². The Morgan fingerprint density at radius 3 is 2.53 bits per heavy atom. The van der Waals surface area contributed by atoms with Crippen LogP contribution in [0.15, 0.2) is 24.3 Å². The van der Waals surface area contributed by atoms with Crippen LogP contribution in [0, 0.1) is 0 Å². The van der Waals surface area contributed by atoms with Gasteiger partial charge < -0.3 is 5.73 Å². The van der Waals surface area contributed by atoms with Gasteiger partial charge in [0.1, 0.15) is 5.82 Å². The minimum Gasteiger partial charge on any atom is -0.322 e. The van der Waals surface area contributed by atoms with E-state index in [-0.39, 0.29) is 6.04 Å². The molecule has 0 saturated carbocycles. The first-order valence-electron chi connectivity index (χ1n) is 4.60. The first-order chi connectivity index (χ1) is 7.16. The molecule has 0 aliphatic heterocycles. The molecule has 5 heteroatoms. The zero-order valence-electron chi connectivity index (χ0n) is 8.24. The maximum absolute atomic E-state index is 5.79. The third-order valence-electron chi connectivity index (χ3n) is 2.04. The molecule has 0 saturated heterocycles. The Bertz CT molecular complexity index is 447. The van der Waals surface area contributed by atoms with E-state index in [4.69, 9.17) is 17.3 Å². The second-order valence-electron chi connectivity index (χ2n) is 3.34. The molecule has 0 unspecified atom stereocenters. The Labute approximate surface area is 92.5 Å². The second kappa shape index (κ2) is 4.00. The maximum atomic E-state index is 5.79. The van der Waals surface area contributed by atoms with Crippen LogP contribution >= 0.6 is 11.6 Å². The van der Waals surface area contributed by atoms with Gasteiger partial charge in [-0.1, -0.05) is 11.6 Å². The molecular weight excluding hydrogens is 212 g/mol. The van der Waals surface area contributed by atoms with Gasteiger partial charge in [-0.2, -0.15) is 5.10 Å². The smallest absolute Gasteiger partial charge is 0.181 e. The highest BCUT2D eigenvalue weighted by atomic mass is 35.5. The standard InChI is InChI=1S/C10H11ClN4/c1-6(12)9-13-10(15-14-9)7-2-4-8(11)5-3-7/h2-6H,12H2,1H3,(H,13,14,15)/t6-/m0/s1. The van der Waals surface area contributed by atoms with Crippen LogP contribution in [-0.2, 0) is 0 Å². The number of nitrogens with one attached hydrogen (secondary N) is 1. The van der Waals surface area contributed by atoms with Gasteiger partial charge in [-0.05, 0) is 31.2 Å². The molecule has 4 nitrogen and oxygen atoms in total. The van der Waals surface area contributed by atoms with E-state index in [0.717, 1.165) is 5.56 Å². The van der Waals surface area contributed by atoms with E-state index in [2.05, 4.69) is 15.2 Å². The predicted octanol–water partition coefficient (Wildman–Crippen LogP) is 2.14. The van der Waals surface area contributed by atoms with Crippen molar-refractivity contribution in [2.45, 2.75) is 13.0 Å². The summed E-state index contributed by atoms with van der Waals surface area (Å²) < 4.78 is 0. The molecule has 1 aromatic carbocycles. The van der Waals surface area contributed by atoms with Gasteiger partial charge in [0.05, 0.1) is 6.04 Å². The lowest BCUT2D eigenvalue weighted by molar-refractivity contribution is 0.745. The molecule has 0 fully saturated rings. The van der Waals surface area contributed by atoms with Crippen LogP contribution in [0.1, 0.15) is 18.8 Å². The van der Waals surface area contributed by atoms with E-state index in [1.165, 1.54) is 0 Å². The lowest BCUT2D eigenvalue weighted by atomic mass is 10.2. The summed E-state index contributed by atoms with van der Waals surface area (Å²) in [7, 11) is 0. The van der Waals surface area contributed by atoms with Crippen LogP contribution in [0.5, 0.6) is 0 Å². The van der Waals surface area contributed by atoms with Crippen molar-refractivity contribution in [2.75, 3.05) is 0 Å². The summed E-state index contributed by atoms with van der Waals surface area (Å²) in [6.07, 6.45) is 0. The molecule has 2 aromatic rings. The van der Waals surface area contributed by atoms with Crippen molar-refractivity contribution in [2.24, 2.45) is 5.73 Å². The highest BCUT2D eigenvalue weighted by Crippen LogP contribution is 2.18. The van der Waals surface area contributed by atoms with Crippen molar-refractivity contribution in [3.05, 3.63) is 35.1 Å². The Balaban J connectivity index is 2.33. The molecule has 1 heterocycles. The van der Waals surface area contributed by atoms with Crippen molar-refractivity contribution >= 4 is 11.6 Å². The fourth-order valence-corrected chi connectivity index (χ4v) is 1.33. The minimum absolute atomic E-state index is 0.140. The van der Waals surface area contributed by atoms with Gasteiger partial charge in [-0.25, -0.2) is 4.98 Å². The van der Waals surface area contributed by atoms with Gasteiger partial charge in [0.15, 0.2) is 5.82 Å². The molecule has 0 amide bonds. The molecule has 15 heavy (non-hydrogen) atoms. The van der Waals surface area contributed by atoms with Crippen LogP contribution in [0.3, 0.4) is 0 Å². The normalized spacial score (nSPS) is 12.7. The molecule has 1 aromatic heterocycles. The lowest BCUT2D eigenvalue weighted by Crippen LogP contribution is -2.06. The molecule has 0 radical (unpaired) electrons. The molecule has 78 valence electrons.